The number of rotatable bonds is 7. The van der Waals surface area contributed by atoms with Gasteiger partial charge in [-0.3, -0.25) is 4.68 Å². The van der Waals surface area contributed by atoms with Gasteiger partial charge in [0.15, 0.2) is 11.6 Å². The molecule has 37 heavy (non-hydrogen) atoms. The standard InChI is InChI=1S/C28H26ClFN6O/c1-4-16-5-9-23(30)21(13-16)25(33-19-7-8-20-17(14-19)11-12-32-26(20)31)28-34-27(35-36(28)2)22-15-18(29)6-10-24(22)37-3/h5-15,25,33H,4H2,1-3H3,(H2,31,32). The van der Waals surface area contributed by atoms with Crippen molar-refractivity contribution in [2.45, 2.75) is 19.4 Å². The molecule has 0 bridgehead atoms. The summed E-state index contributed by atoms with van der Waals surface area (Å²) in [6.07, 6.45) is 2.43. The smallest absolute Gasteiger partial charge is 0.185 e. The maximum Gasteiger partial charge on any atom is 0.185 e. The monoisotopic (exact) mass is 516 g/mol. The number of halogens is 2. The number of nitrogens with two attached hydrogens (primary N) is 1. The number of benzene rings is 3. The van der Waals surface area contributed by atoms with Crippen LogP contribution in [0, 0.1) is 5.82 Å². The highest BCUT2D eigenvalue weighted by Crippen LogP contribution is 2.34. The minimum atomic E-state index is -0.639. The number of anilines is 2. The van der Waals surface area contributed by atoms with E-state index in [9.17, 15) is 0 Å². The number of nitrogens with zero attached hydrogens (tertiary/aromatic N) is 4. The Bertz CT molecular complexity index is 1600. The van der Waals surface area contributed by atoms with Gasteiger partial charge in [-0.1, -0.05) is 30.7 Å². The third-order valence-corrected chi connectivity index (χ3v) is 6.58. The van der Waals surface area contributed by atoms with Crippen molar-refractivity contribution in [2.75, 3.05) is 18.2 Å². The molecule has 3 aromatic carbocycles. The fraction of sp³-hybridized carbons (Fsp3) is 0.179. The minimum absolute atomic E-state index is 0.339. The summed E-state index contributed by atoms with van der Waals surface area (Å²) in [5.41, 5.74) is 8.93. The molecule has 0 radical (unpaired) electrons. The highest BCUT2D eigenvalue weighted by Gasteiger charge is 2.26. The lowest BCUT2D eigenvalue weighted by Gasteiger charge is -2.21. The number of fused-ring (bicyclic) bond motifs is 1. The molecule has 0 aliphatic rings. The van der Waals surface area contributed by atoms with Gasteiger partial charge in [-0.05, 0) is 65.9 Å². The van der Waals surface area contributed by atoms with Gasteiger partial charge in [0.05, 0.1) is 12.7 Å². The van der Waals surface area contributed by atoms with Crippen LogP contribution in [0.1, 0.15) is 29.9 Å². The van der Waals surface area contributed by atoms with Crippen molar-refractivity contribution in [1.82, 2.24) is 19.7 Å². The number of aromatic nitrogens is 4. The molecule has 0 fully saturated rings. The molecule has 0 aliphatic carbocycles. The number of methoxy groups -OCH3 is 1. The van der Waals surface area contributed by atoms with Crippen LogP contribution in [0.2, 0.25) is 5.02 Å². The average molecular weight is 517 g/mol. The first-order chi connectivity index (χ1) is 17.9. The number of nitrogen functional groups attached to an aromatic ring is 1. The Balaban J connectivity index is 1.64. The minimum Gasteiger partial charge on any atom is -0.496 e. The maximum absolute atomic E-state index is 15.3. The third kappa shape index (κ3) is 4.80. The number of pyridine rings is 1. The van der Waals surface area contributed by atoms with Gasteiger partial charge in [0.25, 0.3) is 0 Å². The highest BCUT2D eigenvalue weighted by atomic mass is 35.5. The van der Waals surface area contributed by atoms with Gasteiger partial charge in [0.1, 0.15) is 23.4 Å². The molecule has 0 saturated carbocycles. The van der Waals surface area contributed by atoms with E-state index in [1.807, 2.05) is 37.3 Å². The van der Waals surface area contributed by atoms with Gasteiger partial charge < -0.3 is 15.8 Å². The first kappa shape index (κ1) is 24.5. The van der Waals surface area contributed by atoms with Gasteiger partial charge >= 0.3 is 0 Å². The molecule has 0 aliphatic heterocycles. The normalized spacial score (nSPS) is 12.0. The Morgan fingerprint density at radius 3 is 2.73 bits per heavy atom. The zero-order valence-corrected chi connectivity index (χ0v) is 21.4. The molecule has 2 heterocycles. The van der Waals surface area contributed by atoms with E-state index in [4.69, 9.17) is 27.1 Å². The van der Waals surface area contributed by atoms with Crippen LogP contribution >= 0.6 is 11.6 Å². The van der Waals surface area contributed by atoms with E-state index in [0.717, 1.165) is 28.4 Å². The van der Waals surface area contributed by atoms with Crippen molar-refractivity contribution in [2.24, 2.45) is 7.05 Å². The third-order valence-electron chi connectivity index (χ3n) is 6.34. The zero-order valence-electron chi connectivity index (χ0n) is 20.7. The molecule has 0 amide bonds. The summed E-state index contributed by atoms with van der Waals surface area (Å²) in [5, 5.41) is 10.4. The van der Waals surface area contributed by atoms with Crippen molar-refractivity contribution in [3.63, 3.8) is 0 Å². The summed E-state index contributed by atoms with van der Waals surface area (Å²) >= 11 is 6.26. The lowest BCUT2D eigenvalue weighted by Crippen LogP contribution is -2.19. The molecular formula is C28H26ClFN6O. The summed E-state index contributed by atoms with van der Waals surface area (Å²) in [4.78, 5) is 8.98. The van der Waals surface area contributed by atoms with Crippen LogP contribution in [0.5, 0.6) is 5.75 Å². The van der Waals surface area contributed by atoms with E-state index in [-0.39, 0.29) is 5.82 Å². The zero-order chi connectivity index (χ0) is 26.1. The lowest BCUT2D eigenvalue weighted by molar-refractivity contribution is 0.416. The van der Waals surface area contributed by atoms with Crippen LogP contribution in [-0.2, 0) is 13.5 Å². The molecule has 0 saturated heterocycles. The van der Waals surface area contributed by atoms with E-state index in [2.05, 4.69) is 15.4 Å². The largest absolute Gasteiger partial charge is 0.496 e. The Hall–Kier alpha value is -4.17. The second-order valence-electron chi connectivity index (χ2n) is 8.68. The summed E-state index contributed by atoms with van der Waals surface area (Å²) in [6.45, 7) is 2.03. The molecule has 1 atom stereocenters. The highest BCUT2D eigenvalue weighted by molar-refractivity contribution is 6.30. The number of ether oxygens (including phenoxy) is 1. The Labute approximate surface area is 219 Å². The quantitative estimate of drug-likeness (QED) is 0.268. The average Bonchev–Trinajstić information content (AvgIpc) is 3.29. The van der Waals surface area contributed by atoms with Crippen LogP contribution in [0.3, 0.4) is 0 Å². The predicted octanol–water partition coefficient (Wildman–Crippen LogP) is 6.18. The predicted molar refractivity (Wildman–Crippen MR) is 145 cm³/mol. The van der Waals surface area contributed by atoms with Crippen LogP contribution in [0.15, 0.2) is 66.9 Å². The van der Waals surface area contributed by atoms with Crippen LogP contribution in [0.4, 0.5) is 15.9 Å². The van der Waals surface area contributed by atoms with E-state index >= 15 is 4.39 Å². The van der Waals surface area contributed by atoms with E-state index in [1.165, 1.54) is 6.07 Å². The second kappa shape index (κ2) is 10.1. The van der Waals surface area contributed by atoms with Gasteiger partial charge in [-0.15, -0.1) is 0 Å². The van der Waals surface area contributed by atoms with Crippen LogP contribution < -0.4 is 15.8 Å². The van der Waals surface area contributed by atoms with Crippen molar-refractivity contribution in [1.29, 1.82) is 0 Å². The molecule has 7 nitrogen and oxygen atoms in total. The maximum atomic E-state index is 15.3. The molecule has 2 aromatic heterocycles. The molecule has 188 valence electrons. The SMILES string of the molecule is CCc1ccc(F)c(C(Nc2ccc3c(N)nccc3c2)c2nc(-c3cc(Cl)ccc3OC)nn2C)c1. The topological polar surface area (TPSA) is 90.9 Å². The van der Waals surface area contributed by atoms with Crippen molar-refractivity contribution in [3.05, 3.63) is 94.7 Å². The van der Waals surface area contributed by atoms with Crippen molar-refractivity contribution < 1.29 is 9.13 Å². The lowest BCUT2D eigenvalue weighted by atomic mass is 10.0. The molecule has 1 unspecified atom stereocenters. The van der Waals surface area contributed by atoms with Gasteiger partial charge in [-0.2, -0.15) is 5.10 Å². The van der Waals surface area contributed by atoms with Gasteiger partial charge in [-0.25, -0.2) is 14.4 Å². The van der Waals surface area contributed by atoms with E-state index < -0.39 is 6.04 Å². The summed E-state index contributed by atoms with van der Waals surface area (Å²) < 4.78 is 22.5. The first-order valence-electron chi connectivity index (χ1n) is 11.8. The molecule has 5 rings (SSSR count). The number of hydrogen-bond acceptors (Lipinski definition) is 6. The van der Waals surface area contributed by atoms with Crippen molar-refractivity contribution >= 4 is 33.9 Å². The van der Waals surface area contributed by atoms with E-state index in [0.29, 0.717) is 39.4 Å². The summed E-state index contributed by atoms with van der Waals surface area (Å²) in [6, 6.07) is 17.4. The number of aryl methyl sites for hydroxylation is 2. The van der Waals surface area contributed by atoms with Crippen LogP contribution in [-0.4, -0.2) is 26.9 Å². The first-order valence-corrected chi connectivity index (χ1v) is 12.2. The van der Waals surface area contributed by atoms with E-state index in [1.54, 1.807) is 49.3 Å². The van der Waals surface area contributed by atoms with Crippen LogP contribution in [0.25, 0.3) is 22.2 Å². The van der Waals surface area contributed by atoms with Gasteiger partial charge in [0.2, 0.25) is 0 Å². The Morgan fingerprint density at radius 2 is 1.95 bits per heavy atom. The fourth-order valence-electron chi connectivity index (χ4n) is 4.39. The number of hydrogen-bond donors (Lipinski definition) is 2. The Kier molecular flexibility index (Phi) is 6.67. The summed E-state index contributed by atoms with van der Waals surface area (Å²) in [7, 11) is 3.36. The number of nitrogens with one attached hydrogen (secondary N) is 1. The molecule has 0 spiro atoms. The fourth-order valence-corrected chi connectivity index (χ4v) is 4.56. The molecule has 9 heteroatoms. The molecule has 3 N–H and O–H groups in total. The Morgan fingerprint density at radius 1 is 1.11 bits per heavy atom. The second-order valence-corrected chi connectivity index (χ2v) is 9.12. The summed E-state index contributed by atoms with van der Waals surface area (Å²) in [5.74, 6) is 1.65. The molecule has 5 aromatic rings. The van der Waals surface area contributed by atoms with Crippen molar-refractivity contribution in [3.8, 4) is 17.1 Å². The molecular weight excluding hydrogens is 491 g/mol. The van der Waals surface area contributed by atoms with Gasteiger partial charge in [0, 0.05) is 34.9 Å².